The Morgan fingerprint density at radius 2 is 2.20 bits per heavy atom. The van der Waals surface area contributed by atoms with Gasteiger partial charge in [-0.15, -0.1) is 6.58 Å². The summed E-state index contributed by atoms with van der Waals surface area (Å²) in [5, 5.41) is 13.3. The number of carbonyl (C=O) groups is 1. The second-order valence-corrected chi connectivity index (χ2v) is 5.60. The standard InChI is InChI=1S/C12H12Cl2N2O3S/c1-2-4-20-5-3-15-12(17)9-6-8(16(18)19)7-10(13)11(9)14/h2,6-7H,1,3-5H2,(H,15,17). The maximum atomic E-state index is 11.9. The minimum absolute atomic E-state index is 0.000382. The van der Waals surface area contributed by atoms with Crippen LogP contribution >= 0.6 is 35.0 Å². The third-order valence-corrected chi connectivity index (χ3v) is 4.00. The van der Waals surface area contributed by atoms with Crippen molar-refractivity contribution in [2.45, 2.75) is 0 Å². The Morgan fingerprint density at radius 1 is 1.50 bits per heavy atom. The molecule has 108 valence electrons. The van der Waals surface area contributed by atoms with E-state index in [-0.39, 0.29) is 21.3 Å². The topological polar surface area (TPSA) is 72.2 Å². The predicted octanol–water partition coefficient (Wildman–Crippen LogP) is 3.55. The molecule has 0 fully saturated rings. The summed E-state index contributed by atoms with van der Waals surface area (Å²) >= 11 is 13.3. The van der Waals surface area contributed by atoms with Crippen LogP contribution in [0, 0.1) is 10.1 Å². The van der Waals surface area contributed by atoms with Gasteiger partial charge in [0, 0.05) is 30.2 Å². The first-order chi connectivity index (χ1) is 9.47. The highest BCUT2D eigenvalue weighted by atomic mass is 35.5. The maximum absolute atomic E-state index is 11.9. The lowest BCUT2D eigenvalue weighted by molar-refractivity contribution is -0.384. The molecule has 0 unspecified atom stereocenters. The van der Waals surface area contributed by atoms with E-state index < -0.39 is 10.8 Å². The van der Waals surface area contributed by atoms with Gasteiger partial charge >= 0.3 is 0 Å². The summed E-state index contributed by atoms with van der Waals surface area (Å²) in [6.07, 6.45) is 1.77. The molecule has 0 aromatic heterocycles. The maximum Gasteiger partial charge on any atom is 0.271 e. The lowest BCUT2D eigenvalue weighted by Crippen LogP contribution is -2.26. The molecule has 0 aliphatic rings. The van der Waals surface area contributed by atoms with Crippen molar-refractivity contribution < 1.29 is 9.72 Å². The lowest BCUT2D eigenvalue weighted by atomic mass is 10.2. The number of hydrogen-bond donors (Lipinski definition) is 1. The summed E-state index contributed by atoms with van der Waals surface area (Å²) in [6.45, 7) is 4.01. The van der Waals surface area contributed by atoms with Crippen LogP contribution < -0.4 is 5.32 Å². The molecule has 0 radical (unpaired) electrons. The number of thioether (sulfide) groups is 1. The number of non-ortho nitro benzene ring substituents is 1. The van der Waals surface area contributed by atoms with E-state index in [1.54, 1.807) is 17.8 Å². The SMILES string of the molecule is C=CCSCCNC(=O)c1cc([N+](=O)[O-])cc(Cl)c1Cl. The molecule has 5 nitrogen and oxygen atoms in total. The van der Waals surface area contributed by atoms with E-state index in [1.807, 2.05) is 0 Å². The Morgan fingerprint density at radius 3 is 2.80 bits per heavy atom. The number of carbonyl (C=O) groups excluding carboxylic acids is 1. The number of hydrogen-bond acceptors (Lipinski definition) is 4. The van der Waals surface area contributed by atoms with Crippen molar-refractivity contribution in [2.24, 2.45) is 0 Å². The quantitative estimate of drug-likeness (QED) is 0.358. The van der Waals surface area contributed by atoms with Gasteiger partial charge in [-0.1, -0.05) is 29.3 Å². The summed E-state index contributed by atoms with van der Waals surface area (Å²) in [4.78, 5) is 22.0. The van der Waals surface area contributed by atoms with Crippen molar-refractivity contribution in [3.8, 4) is 0 Å². The second kappa shape index (κ2) is 8.14. The van der Waals surface area contributed by atoms with Crippen molar-refractivity contribution in [3.63, 3.8) is 0 Å². The van der Waals surface area contributed by atoms with Crippen molar-refractivity contribution in [3.05, 3.63) is 50.5 Å². The molecule has 0 bridgehead atoms. The number of nitrogens with zero attached hydrogens (tertiary/aromatic N) is 1. The van der Waals surface area contributed by atoms with Gasteiger partial charge in [0.15, 0.2) is 0 Å². The van der Waals surface area contributed by atoms with E-state index in [1.165, 1.54) is 0 Å². The number of nitrogens with one attached hydrogen (secondary N) is 1. The molecule has 1 rings (SSSR count). The van der Waals surface area contributed by atoms with Crippen LogP contribution in [-0.4, -0.2) is 28.9 Å². The average molecular weight is 335 g/mol. The number of rotatable bonds is 7. The highest BCUT2D eigenvalue weighted by Gasteiger charge is 2.19. The first kappa shape index (κ1) is 16.8. The van der Waals surface area contributed by atoms with Crippen LogP contribution in [-0.2, 0) is 0 Å². The molecule has 0 saturated heterocycles. The summed E-state index contributed by atoms with van der Waals surface area (Å²) in [5.41, 5.74) is -0.273. The minimum Gasteiger partial charge on any atom is -0.351 e. The normalized spacial score (nSPS) is 10.1. The average Bonchev–Trinajstić information content (AvgIpc) is 2.41. The molecule has 0 spiro atoms. The molecule has 1 amide bonds. The number of amides is 1. The molecule has 20 heavy (non-hydrogen) atoms. The van der Waals surface area contributed by atoms with Crippen LogP contribution in [0.25, 0.3) is 0 Å². The van der Waals surface area contributed by atoms with Gasteiger partial charge in [0.2, 0.25) is 0 Å². The van der Waals surface area contributed by atoms with E-state index in [0.717, 1.165) is 17.9 Å². The third-order valence-electron chi connectivity index (χ3n) is 2.24. The van der Waals surface area contributed by atoms with Crippen molar-refractivity contribution in [1.29, 1.82) is 0 Å². The number of halogens is 2. The first-order valence-electron chi connectivity index (χ1n) is 5.57. The van der Waals surface area contributed by atoms with E-state index in [2.05, 4.69) is 11.9 Å². The smallest absolute Gasteiger partial charge is 0.271 e. The molecule has 1 aromatic rings. The Kier molecular flexibility index (Phi) is 6.84. The summed E-state index contributed by atoms with van der Waals surface area (Å²) < 4.78 is 0. The molecule has 0 heterocycles. The van der Waals surface area contributed by atoms with Crippen LogP contribution in [0.4, 0.5) is 5.69 Å². The number of nitro groups is 1. The zero-order chi connectivity index (χ0) is 15.1. The highest BCUT2D eigenvalue weighted by molar-refractivity contribution is 7.99. The van der Waals surface area contributed by atoms with Crippen LogP contribution in [0.2, 0.25) is 10.0 Å². The fourth-order valence-electron chi connectivity index (χ4n) is 1.34. The largest absolute Gasteiger partial charge is 0.351 e. The monoisotopic (exact) mass is 334 g/mol. The highest BCUT2D eigenvalue weighted by Crippen LogP contribution is 2.30. The molecule has 0 saturated carbocycles. The summed E-state index contributed by atoms with van der Waals surface area (Å²) in [7, 11) is 0. The van der Waals surface area contributed by atoms with Gasteiger partial charge in [-0.05, 0) is 0 Å². The predicted molar refractivity (Wildman–Crippen MR) is 83.0 cm³/mol. The van der Waals surface area contributed by atoms with Gasteiger partial charge in [-0.25, -0.2) is 0 Å². The summed E-state index contributed by atoms with van der Waals surface area (Å²) in [5.74, 6) is 1.01. The van der Waals surface area contributed by atoms with Crippen LogP contribution in [0.15, 0.2) is 24.8 Å². The van der Waals surface area contributed by atoms with Crippen LogP contribution in [0.3, 0.4) is 0 Å². The van der Waals surface area contributed by atoms with Gasteiger partial charge in [0.25, 0.3) is 11.6 Å². The molecular formula is C12H12Cl2N2O3S. The lowest BCUT2D eigenvalue weighted by Gasteiger charge is -2.07. The fraction of sp³-hybridized carbons (Fsp3) is 0.250. The van der Waals surface area contributed by atoms with Crippen molar-refractivity contribution >= 4 is 46.6 Å². The molecule has 0 aliphatic heterocycles. The Labute approximate surface area is 130 Å². The number of nitro benzene ring substituents is 1. The van der Waals surface area contributed by atoms with E-state index in [4.69, 9.17) is 23.2 Å². The molecule has 1 N–H and O–H groups in total. The Balaban J connectivity index is 2.76. The van der Waals surface area contributed by atoms with Crippen molar-refractivity contribution in [2.75, 3.05) is 18.1 Å². The van der Waals surface area contributed by atoms with Crippen molar-refractivity contribution in [1.82, 2.24) is 5.32 Å². The third kappa shape index (κ3) is 4.70. The minimum atomic E-state index is -0.626. The van der Waals surface area contributed by atoms with E-state index >= 15 is 0 Å². The van der Waals surface area contributed by atoms with Gasteiger partial charge in [0.1, 0.15) is 0 Å². The molecule has 8 heteroatoms. The molecular weight excluding hydrogens is 323 g/mol. The van der Waals surface area contributed by atoms with Gasteiger partial charge in [0.05, 0.1) is 20.5 Å². The Hall–Kier alpha value is -1.24. The fourth-order valence-corrected chi connectivity index (χ4v) is 2.33. The molecule has 1 aromatic carbocycles. The zero-order valence-corrected chi connectivity index (χ0v) is 12.7. The van der Waals surface area contributed by atoms with Gasteiger partial charge in [-0.3, -0.25) is 14.9 Å². The first-order valence-corrected chi connectivity index (χ1v) is 7.48. The van der Waals surface area contributed by atoms with Gasteiger partial charge < -0.3 is 5.32 Å². The van der Waals surface area contributed by atoms with Gasteiger partial charge in [-0.2, -0.15) is 11.8 Å². The van der Waals surface area contributed by atoms with E-state index in [0.29, 0.717) is 12.3 Å². The molecule has 0 atom stereocenters. The number of benzene rings is 1. The molecule has 0 aliphatic carbocycles. The second-order valence-electron chi connectivity index (χ2n) is 3.67. The summed E-state index contributed by atoms with van der Waals surface area (Å²) in [6, 6.07) is 2.22. The van der Waals surface area contributed by atoms with Crippen LogP contribution in [0.1, 0.15) is 10.4 Å². The zero-order valence-electron chi connectivity index (χ0n) is 10.4. The Bertz CT molecular complexity index is 538. The van der Waals surface area contributed by atoms with Crippen LogP contribution in [0.5, 0.6) is 0 Å². The van der Waals surface area contributed by atoms with E-state index in [9.17, 15) is 14.9 Å².